The molecule has 120 valence electrons. The van der Waals surface area contributed by atoms with Gasteiger partial charge in [-0.3, -0.25) is 13.9 Å². The number of anilines is 1. The van der Waals surface area contributed by atoms with E-state index in [2.05, 4.69) is 9.71 Å². The summed E-state index contributed by atoms with van der Waals surface area (Å²) >= 11 is 1.30. The first-order valence-electron chi connectivity index (χ1n) is 6.86. The first kappa shape index (κ1) is 15.7. The summed E-state index contributed by atoms with van der Waals surface area (Å²) in [5.74, 6) is 0. The quantitative estimate of drug-likeness (QED) is 0.788. The van der Waals surface area contributed by atoms with E-state index in [-0.39, 0.29) is 10.6 Å². The molecule has 0 saturated heterocycles. The molecule has 0 aliphatic heterocycles. The van der Waals surface area contributed by atoms with E-state index >= 15 is 0 Å². The zero-order valence-corrected chi connectivity index (χ0v) is 14.5. The van der Waals surface area contributed by atoms with Crippen molar-refractivity contribution in [3.63, 3.8) is 0 Å². The average Bonchev–Trinajstić information content (AvgIpc) is 2.82. The van der Waals surface area contributed by atoms with Crippen molar-refractivity contribution in [2.24, 2.45) is 0 Å². The predicted octanol–water partition coefficient (Wildman–Crippen LogP) is 2.48. The summed E-state index contributed by atoms with van der Waals surface area (Å²) in [6.07, 6.45) is 0. The molecule has 0 fully saturated rings. The summed E-state index contributed by atoms with van der Waals surface area (Å²) in [7, 11) is -4.01. The molecule has 3 aromatic rings. The van der Waals surface area contributed by atoms with Crippen molar-refractivity contribution in [1.29, 1.82) is 0 Å². The van der Waals surface area contributed by atoms with Gasteiger partial charge in [0.2, 0.25) is 0 Å². The highest BCUT2D eigenvalue weighted by molar-refractivity contribution is 7.92. The zero-order valence-electron chi connectivity index (χ0n) is 12.8. The first-order valence-corrected chi connectivity index (χ1v) is 9.23. The molecule has 0 atom stereocenters. The van der Waals surface area contributed by atoms with Crippen molar-refractivity contribution >= 4 is 32.0 Å². The summed E-state index contributed by atoms with van der Waals surface area (Å²) in [6, 6.07) is 6.90. The first-order chi connectivity index (χ1) is 10.8. The number of sulfonamides is 1. The Balaban J connectivity index is 2.16. The number of nitrogens with zero attached hydrogens (tertiary/aromatic N) is 2. The van der Waals surface area contributed by atoms with Crippen molar-refractivity contribution in [2.75, 3.05) is 4.72 Å². The maximum Gasteiger partial charge on any atom is 0.279 e. The molecule has 1 N–H and O–H groups in total. The molecule has 0 aliphatic rings. The van der Waals surface area contributed by atoms with Crippen molar-refractivity contribution < 1.29 is 8.42 Å². The lowest BCUT2D eigenvalue weighted by Gasteiger charge is -2.10. The molecule has 8 heteroatoms. The van der Waals surface area contributed by atoms with Gasteiger partial charge in [0, 0.05) is 16.8 Å². The Morgan fingerprint density at radius 1 is 1.13 bits per heavy atom. The van der Waals surface area contributed by atoms with Gasteiger partial charge in [-0.1, -0.05) is 17.7 Å². The van der Waals surface area contributed by atoms with Gasteiger partial charge in [-0.05, 0) is 32.9 Å². The van der Waals surface area contributed by atoms with Gasteiger partial charge < -0.3 is 0 Å². The topological polar surface area (TPSA) is 80.5 Å². The largest absolute Gasteiger partial charge is 0.279 e. The molecule has 2 heterocycles. The van der Waals surface area contributed by atoms with Crippen LogP contribution in [0.1, 0.15) is 17.0 Å². The Kier molecular flexibility index (Phi) is 3.73. The third-order valence-corrected chi connectivity index (χ3v) is 5.90. The van der Waals surface area contributed by atoms with Crippen LogP contribution in [0.2, 0.25) is 0 Å². The number of aromatic nitrogens is 2. The van der Waals surface area contributed by atoms with Crippen molar-refractivity contribution in [1.82, 2.24) is 9.38 Å². The molecule has 0 bridgehead atoms. The van der Waals surface area contributed by atoms with Crippen LogP contribution in [0.3, 0.4) is 0 Å². The normalized spacial score (nSPS) is 11.8. The van der Waals surface area contributed by atoms with Crippen LogP contribution >= 0.6 is 11.3 Å². The van der Waals surface area contributed by atoms with Gasteiger partial charge in [-0.2, -0.15) is 0 Å². The molecule has 0 aliphatic carbocycles. The van der Waals surface area contributed by atoms with Crippen molar-refractivity contribution in [2.45, 2.75) is 25.7 Å². The van der Waals surface area contributed by atoms with Crippen LogP contribution in [0, 0.1) is 20.8 Å². The van der Waals surface area contributed by atoms with E-state index in [1.807, 2.05) is 6.92 Å². The van der Waals surface area contributed by atoms with Crippen LogP contribution in [0.25, 0.3) is 4.96 Å². The number of benzene rings is 1. The lowest BCUT2D eigenvalue weighted by atomic mass is 10.2. The highest BCUT2D eigenvalue weighted by Crippen LogP contribution is 2.19. The highest BCUT2D eigenvalue weighted by Gasteiger charge is 2.25. The summed E-state index contributed by atoms with van der Waals surface area (Å²) in [6.45, 7) is 5.18. The fourth-order valence-corrected chi connectivity index (χ4v) is 4.51. The number of aryl methyl sites for hydroxylation is 3. The maximum atomic E-state index is 12.6. The van der Waals surface area contributed by atoms with Crippen LogP contribution in [0.5, 0.6) is 0 Å². The fourth-order valence-electron chi connectivity index (χ4n) is 2.31. The monoisotopic (exact) mass is 349 g/mol. The van der Waals surface area contributed by atoms with E-state index in [1.54, 1.807) is 36.6 Å². The third-order valence-electron chi connectivity index (χ3n) is 3.44. The second-order valence-corrected chi connectivity index (χ2v) is 7.75. The molecule has 0 saturated carbocycles. The van der Waals surface area contributed by atoms with Crippen LogP contribution in [0.15, 0.2) is 39.3 Å². The van der Waals surface area contributed by atoms with Crippen LogP contribution in [-0.4, -0.2) is 17.8 Å². The van der Waals surface area contributed by atoms with Gasteiger partial charge in [0.1, 0.15) is 0 Å². The molecule has 0 spiro atoms. The van der Waals surface area contributed by atoms with Crippen molar-refractivity contribution in [3.8, 4) is 0 Å². The molecular formula is C15H15N3O3S2. The predicted molar refractivity (Wildman–Crippen MR) is 90.8 cm³/mol. The molecule has 2 aromatic heterocycles. The summed E-state index contributed by atoms with van der Waals surface area (Å²) < 4.78 is 29.1. The molecule has 3 rings (SSSR count). The Morgan fingerprint density at radius 2 is 1.78 bits per heavy atom. The molecular weight excluding hydrogens is 334 g/mol. The molecule has 0 unspecified atom stereocenters. The van der Waals surface area contributed by atoms with E-state index in [4.69, 9.17) is 0 Å². The zero-order chi connectivity index (χ0) is 16.8. The molecule has 0 amide bonds. The molecule has 6 nitrogen and oxygen atoms in total. The molecule has 0 radical (unpaired) electrons. The average molecular weight is 349 g/mol. The molecule has 1 aromatic carbocycles. The fraction of sp³-hybridized carbons (Fsp3) is 0.200. The Morgan fingerprint density at radius 3 is 2.43 bits per heavy atom. The van der Waals surface area contributed by atoms with E-state index in [0.717, 1.165) is 5.56 Å². The SMILES string of the molecule is Cc1ccc(NS(=O)(=O)c2c(C)nc3scc(C)n3c2=O)cc1. The standard InChI is InChI=1S/C15H15N3O3S2/c1-9-4-6-12(7-5-9)17-23(20,21)13-11(3)16-15-18(14(13)19)10(2)8-22-15/h4-8,17H,1-3H3. The van der Waals surface area contributed by atoms with Gasteiger partial charge >= 0.3 is 0 Å². The molecule has 23 heavy (non-hydrogen) atoms. The number of rotatable bonds is 3. The number of nitrogens with one attached hydrogen (secondary N) is 1. The summed E-state index contributed by atoms with van der Waals surface area (Å²) in [4.78, 5) is 17.0. The second kappa shape index (κ2) is 5.47. The Labute approximate surface area is 137 Å². The van der Waals surface area contributed by atoms with E-state index in [9.17, 15) is 13.2 Å². The maximum absolute atomic E-state index is 12.6. The van der Waals surface area contributed by atoms with Crippen LogP contribution < -0.4 is 10.3 Å². The minimum absolute atomic E-state index is 0.191. The van der Waals surface area contributed by atoms with Gasteiger partial charge in [-0.25, -0.2) is 13.4 Å². The minimum Gasteiger partial charge on any atom is -0.279 e. The van der Waals surface area contributed by atoms with Crippen LogP contribution in [-0.2, 0) is 10.0 Å². The van der Waals surface area contributed by atoms with Gasteiger partial charge in [0.05, 0.1) is 5.69 Å². The Hall–Kier alpha value is -2.19. The minimum atomic E-state index is -4.01. The summed E-state index contributed by atoms with van der Waals surface area (Å²) in [5.41, 5.74) is 1.69. The summed E-state index contributed by atoms with van der Waals surface area (Å²) in [5, 5.41) is 1.77. The lowest BCUT2D eigenvalue weighted by molar-refractivity contribution is 0.598. The number of fused-ring (bicyclic) bond motifs is 1. The van der Waals surface area contributed by atoms with E-state index in [0.29, 0.717) is 16.3 Å². The Bertz CT molecular complexity index is 1050. The smallest absolute Gasteiger partial charge is 0.279 e. The van der Waals surface area contributed by atoms with Crippen LogP contribution in [0.4, 0.5) is 5.69 Å². The van der Waals surface area contributed by atoms with Gasteiger partial charge in [0.15, 0.2) is 9.86 Å². The van der Waals surface area contributed by atoms with E-state index < -0.39 is 15.6 Å². The van der Waals surface area contributed by atoms with E-state index in [1.165, 1.54) is 22.7 Å². The lowest BCUT2D eigenvalue weighted by Crippen LogP contribution is -2.28. The third kappa shape index (κ3) is 2.75. The number of hydrogen-bond acceptors (Lipinski definition) is 5. The van der Waals surface area contributed by atoms with Gasteiger partial charge in [-0.15, -0.1) is 11.3 Å². The van der Waals surface area contributed by atoms with Gasteiger partial charge in [0.25, 0.3) is 15.6 Å². The highest BCUT2D eigenvalue weighted by atomic mass is 32.2. The van der Waals surface area contributed by atoms with Crippen molar-refractivity contribution in [3.05, 3.63) is 57.0 Å². The second-order valence-electron chi connectivity index (χ2n) is 5.30. The number of hydrogen-bond donors (Lipinski definition) is 1. The number of thiazole rings is 1.